The molecule has 164 valence electrons. The quantitative estimate of drug-likeness (QED) is 0.692. The predicted octanol–water partition coefficient (Wildman–Crippen LogP) is 3.74. The third kappa shape index (κ3) is 4.29. The van der Waals surface area contributed by atoms with Crippen molar-refractivity contribution in [3.8, 4) is 0 Å². The van der Waals surface area contributed by atoms with E-state index in [2.05, 4.69) is 0 Å². The van der Waals surface area contributed by atoms with Crippen molar-refractivity contribution in [3.63, 3.8) is 0 Å². The lowest BCUT2D eigenvalue weighted by atomic mass is 9.88. The minimum atomic E-state index is -0.730. The zero-order valence-corrected chi connectivity index (χ0v) is 17.7. The van der Waals surface area contributed by atoms with Gasteiger partial charge in [-0.3, -0.25) is 4.79 Å². The molecule has 2 heterocycles. The monoisotopic (exact) mass is 422 g/mol. The summed E-state index contributed by atoms with van der Waals surface area (Å²) in [5.41, 5.74) is -1.82. The van der Waals surface area contributed by atoms with E-state index in [1.165, 1.54) is 0 Å². The van der Waals surface area contributed by atoms with Crippen molar-refractivity contribution in [1.82, 2.24) is 9.80 Å². The van der Waals surface area contributed by atoms with Gasteiger partial charge in [-0.25, -0.2) is 13.6 Å². The van der Waals surface area contributed by atoms with E-state index >= 15 is 0 Å². The van der Waals surface area contributed by atoms with Crippen LogP contribution in [-0.4, -0.2) is 64.8 Å². The van der Waals surface area contributed by atoms with Gasteiger partial charge in [0.2, 0.25) is 0 Å². The van der Waals surface area contributed by atoms with Gasteiger partial charge in [0, 0.05) is 13.1 Å². The Labute approximate surface area is 175 Å². The van der Waals surface area contributed by atoms with Gasteiger partial charge in [0.05, 0.1) is 29.9 Å². The Balaban J connectivity index is 1.48. The minimum absolute atomic E-state index is 0.256. The van der Waals surface area contributed by atoms with Gasteiger partial charge in [-0.1, -0.05) is 0 Å². The number of likely N-dealkylation sites (tertiary alicyclic amines) is 1. The Kier molecular flexibility index (Phi) is 5.03. The normalized spacial score (nSPS) is 22.3. The van der Waals surface area contributed by atoms with E-state index < -0.39 is 34.3 Å². The molecule has 3 aliphatic rings. The molecule has 0 atom stereocenters. The highest BCUT2D eigenvalue weighted by Crippen LogP contribution is 2.49. The van der Waals surface area contributed by atoms with Gasteiger partial charge in [0.15, 0.2) is 0 Å². The summed E-state index contributed by atoms with van der Waals surface area (Å²) in [7, 11) is 0. The third-order valence-electron chi connectivity index (χ3n) is 5.97. The van der Waals surface area contributed by atoms with Crippen molar-refractivity contribution >= 4 is 12.0 Å². The van der Waals surface area contributed by atoms with Gasteiger partial charge in [0.1, 0.15) is 17.2 Å². The van der Waals surface area contributed by atoms with Crippen LogP contribution < -0.4 is 0 Å². The van der Waals surface area contributed by atoms with Crippen LogP contribution >= 0.6 is 0 Å². The molecule has 1 aromatic carbocycles. The van der Waals surface area contributed by atoms with Crippen LogP contribution in [0.2, 0.25) is 0 Å². The number of carbonyl (C=O) groups is 2. The highest BCUT2D eigenvalue weighted by Gasteiger charge is 2.57. The summed E-state index contributed by atoms with van der Waals surface area (Å²) in [4.78, 5) is 28.6. The maximum absolute atomic E-state index is 14.2. The molecule has 0 N–H and O–H groups in total. The molecule has 4 rings (SSSR count). The van der Waals surface area contributed by atoms with E-state index in [4.69, 9.17) is 9.47 Å². The second-order valence-corrected chi connectivity index (χ2v) is 9.72. The summed E-state index contributed by atoms with van der Waals surface area (Å²) in [6.45, 7) is 7.07. The number of morpholine rings is 1. The Hall–Kier alpha value is -2.22. The third-order valence-corrected chi connectivity index (χ3v) is 5.97. The second kappa shape index (κ2) is 7.18. The van der Waals surface area contributed by atoms with Crippen LogP contribution in [-0.2, 0) is 9.47 Å². The summed E-state index contributed by atoms with van der Waals surface area (Å²) in [5, 5.41) is 0. The Morgan fingerprint density at radius 3 is 2.17 bits per heavy atom. The van der Waals surface area contributed by atoms with Crippen LogP contribution in [0, 0.1) is 11.6 Å². The molecule has 8 heteroatoms. The number of benzene rings is 1. The molecule has 1 saturated carbocycles. The maximum Gasteiger partial charge on any atom is 0.410 e. The molecule has 0 aromatic heterocycles. The van der Waals surface area contributed by atoms with Gasteiger partial charge in [-0.15, -0.1) is 0 Å². The molecule has 2 amide bonds. The molecule has 30 heavy (non-hydrogen) atoms. The first kappa shape index (κ1) is 21.0. The predicted molar refractivity (Wildman–Crippen MR) is 105 cm³/mol. The highest BCUT2D eigenvalue weighted by atomic mass is 19.1. The molecule has 6 nitrogen and oxygen atoms in total. The summed E-state index contributed by atoms with van der Waals surface area (Å²) >= 11 is 0. The molecule has 0 radical (unpaired) electrons. The van der Waals surface area contributed by atoms with Crippen LogP contribution in [0.5, 0.6) is 0 Å². The standard InChI is InChI=1S/C22H28F2N2O4/c1-20(2,3)29-19(28)25-10-8-22(9-11-25)14-26(13-21(30-22)6-7-21)18(27)16-12-15(23)4-5-17(16)24/h4-5,12H,6-11,13-14H2,1-3H3. The average molecular weight is 422 g/mol. The van der Waals surface area contributed by atoms with Gasteiger partial charge in [0.25, 0.3) is 5.91 Å². The number of nitrogens with zero attached hydrogens (tertiary/aromatic N) is 2. The molecule has 1 aromatic rings. The molecule has 2 saturated heterocycles. The van der Waals surface area contributed by atoms with Gasteiger partial charge in [-0.2, -0.15) is 0 Å². The van der Waals surface area contributed by atoms with Crippen molar-refractivity contribution < 1.29 is 27.8 Å². The Morgan fingerprint density at radius 1 is 1.00 bits per heavy atom. The molecule has 1 aliphatic carbocycles. The molecule has 2 spiro atoms. The summed E-state index contributed by atoms with van der Waals surface area (Å²) < 4.78 is 39.7. The lowest BCUT2D eigenvalue weighted by Gasteiger charge is -2.50. The van der Waals surface area contributed by atoms with Crippen LogP contribution in [0.25, 0.3) is 0 Å². The fourth-order valence-corrected chi connectivity index (χ4v) is 4.33. The molecule has 2 aliphatic heterocycles. The zero-order chi connectivity index (χ0) is 21.7. The number of hydrogen-bond acceptors (Lipinski definition) is 4. The van der Waals surface area contributed by atoms with Crippen molar-refractivity contribution in [3.05, 3.63) is 35.4 Å². The summed E-state index contributed by atoms with van der Waals surface area (Å²) in [5.74, 6) is -1.89. The molecule has 3 fully saturated rings. The number of hydrogen-bond donors (Lipinski definition) is 0. The zero-order valence-electron chi connectivity index (χ0n) is 17.7. The fourth-order valence-electron chi connectivity index (χ4n) is 4.33. The van der Waals surface area contributed by atoms with Crippen molar-refractivity contribution in [2.75, 3.05) is 26.2 Å². The maximum atomic E-state index is 14.2. The first-order valence-electron chi connectivity index (χ1n) is 10.4. The van der Waals surface area contributed by atoms with E-state index in [1.54, 1.807) is 9.80 Å². The van der Waals surface area contributed by atoms with Crippen LogP contribution in [0.3, 0.4) is 0 Å². The number of halogens is 2. The number of carbonyl (C=O) groups excluding carboxylic acids is 2. The van der Waals surface area contributed by atoms with Gasteiger partial charge >= 0.3 is 6.09 Å². The van der Waals surface area contributed by atoms with Crippen LogP contribution in [0.15, 0.2) is 18.2 Å². The van der Waals surface area contributed by atoms with E-state index in [9.17, 15) is 18.4 Å². The lowest BCUT2D eigenvalue weighted by Crippen LogP contribution is -2.62. The topological polar surface area (TPSA) is 59.1 Å². The molecule has 0 unspecified atom stereocenters. The first-order valence-corrected chi connectivity index (χ1v) is 10.4. The van der Waals surface area contributed by atoms with Crippen LogP contribution in [0.1, 0.15) is 56.8 Å². The Bertz CT molecular complexity index is 855. The molecular weight excluding hydrogens is 394 g/mol. The van der Waals surface area contributed by atoms with E-state index in [-0.39, 0.29) is 11.7 Å². The van der Waals surface area contributed by atoms with Crippen molar-refractivity contribution in [2.24, 2.45) is 0 Å². The SMILES string of the molecule is CC(C)(C)OC(=O)N1CCC2(CC1)CN(C(=O)c1cc(F)ccc1F)CC1(CC1)O2. The first-order chi connectivity index (χ1) is 14.0. The average Bonchev–Trinajstić information content (AvgIpc) is 3.39. The van der Waals surface area contributed by atoms with Gasteiger partial charge in [-0.05, 0) is 64.7 Å². The van der Waals surface area contributed by atoms with E-state index in [0.29, 0.717) is 39.0 Å². The smallest absolute Gasteiger partial charge is 0.410 e. The van der Waals surface area contributed by atoms with E-state index in [1.807, 2.05) is 20.8 Å². The summed E-state index contributed by atoms with van der Waals surface area (Å²) in [6.07, 6.45) is 2.43. The Morgan fingerprint density at radius 2 is 1.60 bits per heavy atom. The number of rotatable bonds is 1. The van der Waals surface area contributed by atoms with Crippen molar-refractivity contribution in [2.45, 2.75) is 63.3 Å². The van der Waals surface area contributed by atoms with E-state index in [0.717, 1.165) is 31.0 Å². The number of piperidine rings is 1. The fraction of sp³-hybridized carbons (Fsp3) is 0.636. The lowest BCUT2D eigenvalue weighted by molar-refractivity contribution is -0.178. The highest BCUT2D eigenvalue weighted by molar-refractivity contribution is 5.94. The van der Waals surface area contributed by atoms with Gasteiger partial charge < -0.3 is 19.3 Å². The van der Waals surface area contributed by atoms with Crippen molar-refractivity contribution in [1.29, 1.82) is 0 Å². The second-order valence-electron chi connectivity index (χ2n) is 9.72. The minimum Gasteiger partial charge on any atom is -0.444 e. The summed E-state index contributed by atoms with van der Waals surface area (Å²) in [6, 6.07) is 2.93. The largest absolute Gasteiger partial charge is 0.444 e. The molecule has 0 bridgehead atoms. The number of amides is 2. The van der Waals surface area contributed by atoms with Crippen LogP contribution in [0.4, 0.5) is 13.6 Å². The molecular formula is C22H28F2N2O4. The number of ether oxygens (including phenoxy) is 2.